The van der Waals surface area contributed by atoms with Crippen LogP contribution >= 0.6 is 0 Å². The van der Waals surface area contributed by atoms with Crippen LogP contribution in [0.15, 0.2) is 12.1 Å². The van der Waals surface area contributed by atoms with Crippen molar-refractivity contribution in [1.29, 1.82) is 0 Å². The highest BCUT2D eigenvalue weighted by molar-refractivity contribution is 5.53. The van der Waals surface area contributed by atoms with E-state index in [0.717, 1.165) is 6.07 Å². The lowest BCUT2D eigenvalue weighted by atomic mass is 10.00. The summed E-state index contributed by atoms with van der Waals surface area (Å²) in [6, 6.07) is 2.18. The third-order valence-electron chi connectivity index (χ3n) is 2.45. The van der Waals surface area contributed by atoms with Gasteiger partial charge in [-0.15, -0.1) is 0 Å². The summed E-state index contributed by atoms with van der Waals surface area (Å²) in [5.41, 5.74) is -0.842. The van der Waals surface area contributed by atoms with Gasteiger partial charge in [-0.05, 0) is 19.1 Å². The highest BCUT2D eigenvalue weighted by Gasteiger charge is 2.36. The number of aliphatic hydroxyl groups is 1. The monoisotopic (exact) mass is 248 g/mol. The second kappa shape index (κ2) is 4.10. The molecular weight excluding hydrogens is 237 g/mol. The first-order valence-electron chi connectivity index (χ1n) is 5.06. The van der Waals surface area contributed by atoms with Crippen molar-refractivity contribution < 1.29 is 27.8 Å². The molecule has 0 aromatic heterocycles. The van der Waals surface area contributed by atoms with Crippen molar-refractivity contribution in [1.82, 2.24) is 0 Å². The van der Waals surface area contributed by atoms with E-state index in [1.807, 2.05) is 0 Å². The number of alkyl halides is 3. The summed E-state index contributed by atoms with van der Waals surface area (Å²) in [4.78, 5) is 0. The summed E-state index contributed by atoms with van der Waals surface area (Å²) >= 11 is 0. The molecule has 0 fully saturated rings. The number of benzene rings is 1. The standard InChI is InChI=1S/C11H11F3O3/c1-6(15)4-7-8(11(12,13)14)2-3-9-10(7)17-5-16-9/h2-3,6,15H,4-5H2,1H3. The van der Waals surface area contributed by atoms with E-state index in [9.17, 15) is 18.3 Å². The summed E-state index contributed by atoms with van der Waals surface area (Å²) < 4.78 is 48.4. The van der Waals surface area contributed by atoms with Crippen molar-refractivity contribution in [2.45, 2.75) is 25.6 Å². The van der Waals surface area contributed by atoms with Gasteiger partial charge in [-0.2, -0.15) is 13.2 Å². The molecule has 0 radical (unpaired) electrons. The van der Waals surface area contributed by atoms with Gasteiger partial charge in [0.15, 0.2) is 11.5 Å². The molecule has 1 N–H and O–H groups in total. The lowest BCUT2D eigenvalue weighted by Crippen LogP contribution is -2.14. The molecule has 1 atom stereocenters. The highest BCUT2D eigenvalue weighted by Crippen LogP contribution is 2.43. The van der Waals surface area contributed by atoms with E-state index in [0.29, 0.717) is 0 Å². The minimum absolute atomic E-state index is 0.0532. The van der Waals surface area contributed by atoms with E-state index >= 15 is 0 Å². The quantitative estimate of drug-likeness (QED) is 0.873. The number of hydrogen-bond acceptors (Lipinski definition) is 3. The smallest absolute Gasteiger partial charge is 0.416 e. The van der Waals surface area contributed by atoms with Crippen LogP contribution in [0.2, 0.25) is 0 Å². The Morgan fingerprint density at radius 3 is 2.65 bits per heavy atom. The van der Waals surface area contributed by atoms with Gasteiger partial charge in [0.1, 0.15) is 0 Å². The fraction of sp³-hybridized carbons (Fsp3) is 0.455. The first-order chi connectivity index (χ1) is 7.89. The normalized spacial score (nSPS) is 16.1. The molecule has 2 rings (SSSR count). The van der Waals surface area contributed by atoms with Gasteiger partial charge in [0.25, 0.3) is 0 Å². The fourth-order valence-electron chi connectivity index (χ4n) is 1.79. The van der Waals surface area contributed by atoms with Gasteiger partial charge in [0, 0.05) is 12.0 Å². The van der Waals surface area contributed by atoms with Crippen LogP contribution in [0.3, 0.4) is 0 Å². The lowest BCUT2D eigenvalue weighted by molar-refractivity contribution is -0.138. The fourth-order valence-corrected chi connectivity index (χ4v) is 1.79. The Morgan fingerprint density at radius 2 is 2.06 bits per heavy atom. The summed E-state index contributed by atoms with van der Waals surface area (Å²) in [5, 5.41) is 9.26. The maximum absolute atomic E-state index is 12.8. The Kier molecular flexibility index (Phi) is 2.91. The Labute approximate surface area is 95.8 Å². The first-order valence-corrected chi connectivity index (χ1v) is 5.06. The molecule has 0 saturated heterocycles. The topological polar surface area (TPSA) is 38.7 Å². The molecule has 1 aliphatic rings. The molecule has 0 spiro atoms. The zero-order valence-electron chi connectivity index (χ0n) is 9.04. The van der Waals surface area contributed by atoms with Crippen molar-refractivity contribution >= 4 is 0 Å². The molecule has 1 heterocycles. The van der Waals surface area contributed by atoms with Crippen LogP contribution in [-0.4, -0.2) is 18.0 Å². The predicted octanol–water partition coefficient (Wildman–Crippen LogP) is 2.36. The number of ether oxygens (including phenoxy) is 2. The van der Waals surface area contributed by atoms with Crippen LogP contribution in [0.5, 0.6) is 11.5 Å². The Morgan fingerprint density at radius 1 is 1.35 bits per heavy atom. The SMILES string of the molecule is CC(O)Cc1c(C(F)(F)F)ccc2c1OCO2. The highest BCUT2D eigenvalue weighted by atomic mass is 19.4. The predicted molar refractivity (Wildman–Crippen MR) is 53.0 cm³/mol. The third-order valence-corrected chi connectivity index (χ3v) is 2.45. The van der Waals surface area contributed by atoms with Crippen LogP contribution in [0.4, 0.5) is 13.2 Å². The van der Waals surface area contributed by atoms with Gasteiger partial charge in [0.05, 0.1) is 11.7 Å². The second-order valence-electron chi connectivity index (χ2n) is 3.88. The van der Waals surface area contributed by atoms with Gasteiger partial charge in [-0.3, -0.25) is 0 Å². The summed E-state index contributed by atoms with van der Waals surface area (Å²) in [7, 11) is 0. The van der Waals surface area contributed by atoms with E-state index in [2.05, 4.69) is 0 Å². The molecular formula is C11H11F3O3. The lowest BCUT2D eigenvalue weighted by Gasteiger charge is -2.15. The van der Waals surface area contributed by atoms with Gasteiger partial charge < -0.3 is 14.6 Å². The molecule has 0 amide bonds. The minimum Gasteiger partial charge on any atom is -0.454 e. The van der Waals surface area contributed by atoms with Crippen molar-refractivity contribution in [2.24, 2.45) is 0 Å². The van der Waals surface area contributed by atoms with Crippen LogP contribution in [0, 0.1) is 0 Å². The van der Waals surface area contributed by atoms with Crippen LogP contribution in [0.25, 0.3) is 0 Å². The Hall–Kier alpha value is -1.43. The van der Waals surface area contributed by atoms with Gasteiger partial charge in [-0.25, -0.2) is 0 Å². The molecule has 3 nitrogen and oxygen atoms in total. The molecule has 1 unspecified atom stereocenters. The molecule has 94 valence electrons. The van der Waals surface area contributed by atoms with Crippen molar-refractivity contribution in [2.75, 3.05) is 6.79 Å². The van der Waals surface area contributed by atoms with Gasteiger partial charge in [0.2, 0.25) is 6.79 Å². The maximum atomic E-state index is 12.8. The number of rotatable bonds is 2. The third kappa shape index (κ3) is 2.31. The van der Waals surface area contributed by atoms with Crippen molar-refractivity contribution in [3.8, 4) is 11.5 Å². The molecule has 0 saturated carbocycles. The second-order valence-corrected chi connectivity index (χ2v) is 3.88. The summed E-state index contributed by atoms with van der Waals surface area (Å²) in [5.74, 6) is 0.370. The minimum atomic E-state index is -4.47. The molecule has 1 aromatic rings. The zero-order chi connectivity index (χ0) is 12.6. The Balaban J connectivity index is 2.53. The zero-order valence-corrected chi connectivity index (χ0v) is 9.04. The number of halogens is 3. The van der Waals surface area contributed by atoms with E-state index in [4.69, 9.17) is 9.47 Å². The van der Waals surface area contributed by atoms with Crippen LogP contribution in [-0.2, 0) is 12.6 Å². The number of aliphatic hydroxyl groups excluding tert-OH is 1. The van der Waals surface area contributed by atoms with E-state index in [1.165, 1.54) is 13.0 Å². The van der Waals surface area contributed by atoms with Gasteiger partial charge >= 0.3 is 6.18 Å². The largest absolute Gasteiger partial charge is 0.454 e. The maximum Gasteiger partial charge on any atom is 0.416 e. The van der Waals surface area contributed by atoms with E-state index in [-0.39, 0.29) is 30.3 Å². The molecule has 17 heavy (non-hydrogen) atoms. The van der Waals surface area contributed by atoms with E-state index in [1.54, 1.807) is 0 Å². The molecule has 1 aromatic carbocycles. The summed E-state index contributed by atoms with van der Waals surface area (Å²) in [6.07, 6.45) is -5.47. The van der Waals surface area contributed by atoms with Crippen molar-refractivity contribution in [3.63, 3.8) is 0 Å². The first kappa shape index (κ1) is 12.0. The molecule has 6 heteroatoms. The molecule has 1 aliphatic heterocycles. The van der Waals surface area contributed by atoms with Crippen LogP contribution < -0.4 is 9.47 Å². The number of hydrogen-bond donors (Lipinski definition) is 1. The summed E-state index contributed by atoms with van der Waals surface area (Å²) in [6.45, 7) is 1.33. The van der Waals surface area contributed by atoms with E-state index < -0.39 is 17.8 Å². The average molecular weight is 248 g/mol. The van der Waals surface area contributed by atoms with Gasteiger partial charge in [-0.1, -0.05) is 0 Å². The molecule has 0 bridgehead atoms. The van der Waals surface area contributed by atoms with Crippen LogP contribution in [0.1, 0.15) is 18.1 Å². The average Bonchev–Trinajstić information content (AvgIpc) is 2.63. The Bertz CT molecular complexity index is 427. The number of fused-ring (bicyclic) bond motifs is 1. The van der Waals surface area contributed by atoms with Crippen molar-refractivity contribution in [3.05, 3.63) is 23.3 Å². The molecule has 0 aliphatic carbocycles.